The van der Waals surface area contributed by atoms with Crippen LogP contribution in [-0.2, 0) is 4.79 Å². The largest absolute Gasteiger partial charge is 0.494 e. The SMILES string of the molecule is CCOc1cccc(C(=O)NC2CCN(CC(=O)N3CCN(C4CCC4)CC3)CC2)c1. The van der Waals surface area contributed by atoms with E-state index in [4.69, 9.17) is 4.74 Å². The molecular formula is C24H36N4O3. The molecule has 3 fully saturated rings. The average Bonchev–Trinajstić information content (AvgIpc) is 2.75. The first-order chi connectivity index (χ1) is 15.1. The van der Waals surface area contributed by atoms with Crippen LogP contribution in [0.5, 0.6) is 5.75 Å². The van der Waals surface area contributed by atoms with E-state index >= 15 is 0 Å². The van der Waals surface area contributed by atoms with E-state index in [-0.39, 0.29) is 17.9 Å². The minimum atomic E-state index is -0.0552. The van der Waals surface area contributed by atoms with E-state index in [9.17, 15) is 9.59 Å². The topological polar surface area (TPSA) is 65.1 Å². The van der Waals surface area contributed by atoms with Gasteiger partial charge in [0.2, 0.25) is 5.91 Å². The zero-order chi connectivity index (χ0) is 21.6. The molecule has 4 rings (SSSR count). The predicted molar refractivity (Wildman–Crippen MR) is 120 cm³/mol. The molecule has 31 heavy (non-hydrogen) atoms. The molecule has 1 N–H and O–H groups in total. The summed E-state index contributed by atoms with van der Waals surface area (Å²) in [6.45, 7) is 8.48. The Balaban J connectivity index is 1.17. The Morgan fingerprint density at radius 2 is 1.77 bits per heavy atom. The van der Waals surface area contributed by atoms with Crippen molar-refractivity contribution in [2.24, 2.45) is 0 Å². The Kier molecular flexibility index (Phi) is 7.45. The molecule has 2 saturated heterocycles. The first-order valence-corrected chi connectivity index (χ1v) is 11.9. The van der Waals surface area contributed by atoms with Crippen molar-refractivity contribution in [3.8, 4) is 5.75 Å². The van der Waals surface area contributed by atoms with E-state index in [1.807, 2.05) is 30.0 Å². The number of hydrogen-bond acceptors (Lipinski definition) is 5. The van der Waals surface area contributed by atoms with Crippen LogP contribution >= 0.6 is 0 Å². The van der Waals surface area contributed by atoms with Crippen LogP contribution in [0.25, 0.3) is 0 Å². The number of nitrogens with zero attached hydrogens (tertiary/aromatic N) is 3. The maximum atomic E-state index is 12.7. The summed E-state index contributed by atoms with van der Waals surface area (Å²) in [6, 6.07) is 8.24. The highest BCUT2D eigenvalue weighted by atomic mass is 16.5. The molecule has 0 aromatic heterocycles. The molecule has 170 valence electrons. The van der Waals surface area contributed by atoms with E-state index < -0.39 is 0 Å². The number of hydrogen-bond donors (Lipinski definition) is 1. The van der Waals surface area contributed by atoms with Crippen molar-refractivity contribution >= 4 is 11.8 Å². The maximum Gasteiger partial charge on any atom is 0.251 e. The van der Waals surface area contributed by atoms with Gasteiger partial charge in [0.1, 0.15) is 5.75 Å². The highest BCUT2D eigenvalue weighted by Crippen LogP contribution is 2.25. The highest BCUT2D eigenvalue weighted by molar-refractivity contribution is 5.94. The highest BCUT2D eigenvalue weighted by Gasteiger charge is 2.30. The van der Waals surface area contributed by atoms with Crippen LogP contribution in [0.3, 0.4) is 0 Å². The van der Waals surface area contributed by atoms with Gasteiger partial charge in [-0.25, -0.2) is 0 Å². The molecule has 1 aliphatic carbocycles. The Hall–Kier alpha value is -2.12. The van der Waals surface area contributed by atoms with Crippen LogP contribution in [0, 0.1) is 0 Å². The molecule has 2 amide bonds. The minimum absolute atomic E-state index is 0.0552. The molecule has 1 saturated carbocycles. The van der Waals surface area contributed by atoms with Crippen LogP contribution in [-0.4, -0.2) is 91.0 Å². The zero-order valence-electron chi connectivity index (χ0n) is 18.7. The Morgan fingerprint density at radius 1 is 1.03 bits per heavy atom. The second-order valence-corrected chi connectivity index (χ2v) is 8.99. The lowest BCUT2D eigenvalue weighted by Crippen LogP contribution is -2.55. The van der Waals surface area contributed by atoms with Crippen LogP contribution in [0.15, 0.2) is 24.3 Å². The van der Waals surface area contributed by atoms with Gasteiger partial charge in [-0.15, -0.1) is 0 Å². The Bertz CT molecular complexity index is 751. The molecule has 0 radical (unpaired) electrons. The van der Waals surface area contributed by atoms with Crippen LogP contribution in [0.2, 0.25) is 0 Å². The fraction of sp³-hybridized carbons (Fsp3) is 0.667. The van der Waals surface area contributed by atoms with Crippen molar-refractivity contribution in [2.45, 2.75) is 51.1 Å². The Morgan fingerprint density at radius 3 is 2.42 bits per heavy atom. The summed E-state index contributed by atoms with van der Waals surface area (Å²) in [6.07, 6.45) is 5.77. The summed E-state index contributed by atoms with van der Waals surface area (Å²) in [7, 11) is 0. The van der Waals surface area contributed by atoms with E-state index in [1.165, 1.54) is 19.3 Å². The number of likely N-dealkylation sites (tertiary alicyclic amines) is 1. The lowest BCUT2D eigenvalue weighted by molar-refractivity contribution is -0.135. The monoisotopic (exact) mass is 428 g/mol. The Labute approximate surface area is 185 Å². The van der Waals surface area contributed by atoms with E-state index in [0.29, 0.717) is 18.7 Å². The number of ether oxygens (including phenoxy) is 1. The van der Waals surface area contributed by atoms with Crippen LogP contribution in [0.1, 0.15) is 49.4 Å². The normalized spacial score (nSPS) is 21.5. The van der Waals surface area contributed by atoms with Gasteiger partial charge in [-0.05, 0) is 50.8 Å². The summed E-state index contributed by atoms with van der Waals surface area (Å²) < 4.78 is 5.49. The zero-order valence-corrected chi connectivity index (χ0v) is 18.7. The first kappa shape index (κ1) is 22.1. The number of carbonyl (C=O) groups excluding carboxylic acids is 2. The van der Waals surface area contributed by atoms with Gasteiger partial charge < -0.3 is 15.0 Å². The average molecular weight is 429 g/mol. The van der Waals surface area contributed by atoms with Gasteiger partial charge in [0.05, 0.1) is 13.2 Å². The fourth-order valence-corrected chi connectivity index (χ4v) is 4.78. The molecule has 1 aromatic carbocycles. The van der Waals surface area contributed by atoms with E-state index in [0.717, 1.165) is 63.9 Å². The predicted octanol–water partition coefficient (Wildman–Crippen LogP) is 1.98. The molecule has 0 atom stereocenters. The molecule has 0 unspecified atom stereocenters. The summed E-state index contributed by atoms with van der Waals surface area (Å²) in [5.74, 6) is 0.917. The van der Waals surface area contributed by atoms with Crippen LogP contribution in [0.4, 0.5) is 0 Å². The van der Waals surface area contributed by atoms with Gasteiger partial charge >= 0.3 is 0 Å². The molecule has 3 aliphatic rings. The van der Waals surface area contributed by atoms with Gasteiger partial charge in [-0.1, -0.05) is 12.5 Å². The molecular weight excluding hydrogens is 392 g/mol. The van der Waals surface area contributed by atoms with Crippen molar-refractivity contribution in [3.05, 3.63) is 29.8 Å². The van der Waals surface area contributed by atoms with E-state index in [2.05, 4.69) is 15.1 Å². The van der Waals surface area contributed by atoms with Crippen molar-refractivity contribution in [2.75, 3.05) is 52.4 Å². The number of carbonyl (C=O) groups is 2. The number of nitrogens with one attached hydrogen (secondary N) is 1. The van der Waals surface area contributed by atoms with Crippen molar-refractivity contribution in [1.82, 2.24) is 20.0 Å². The van der Waals surface area contributed by atoms with Crippen LogP contribution < -0.4 is 10.1 Å². The third kappa shape index (κ3) is 5.77. The van der Waals surface area contributed by atoms with Crippen molar-refractivity contribution < 1.29 is 14.3 Å². The second kappa shape index (κ2) is 10.5. The van der Waals surface area contributed by atoms with Gasteiger partial charge in [0.25, 0.3) is 5.91 Å². The number of amides is 2. The summed E-state index contributed by atoms with van der Waals surface area (Å²) in [4.78, 5) is 32.2. The molecule has 1 aromatic rings. The molecule has 0 bridgehead atoms. The molecule has 2 aliphatic heterocycles. The molecule has 7 nitrogen and oxygen atoms in total. The summed E-state index contributed by atoms with van der Waals surface area (Å²) in [5.41, 5.74) is 0.629. The van der Waals surface area contributed by atoms with E-state index in [1.54, 1.807) is 6.07 Å². The van der Waals surface area contributed by atoms with Crippen molar-refractivity contribution in [1.29, 1.82) is 0 Å². The van der Waals surface area contributed by atoms with Gasteiger partial charge in [-0.3, -0.25) is 19.4 Å². The second-order valence-electron chi connectivity index (χ2n) is 8.99. The first-order valence-electron chi connectivity index (χ1n) is 11.9. The molecule has 0 spiro atoms. The summed E-state index contributed by atoms with van der Waals surface area (Å²) >= 11 is 0. The maximum absolute atomic E-state index is 12.7. The smallest absolute Gasteiger partial charge is 0.251 e. The third-order valence-electron chi connectivity index (χ3n) is 6.95. The number of rotatable bonds is 7. The quantitative estimate of drug-likeness (QED) is 0.720. The lowest BCUT2D eigenvalue weighted by Gasteiger charge is -2.43. The standard InChI is InChI=1S/C24H36N4O3/c1-2-31-22-8-3-5-19(17-22)24(30)25-20-9-11-26(12-10-20)18-23(29)28-15-13-27(14-16-28)21-6-4-7-21/h3,5,8,17,20-21H,2,4,6-7,9-16,18H2,1H3,(H,25,30). The number of piperazine rings is 1. The molecule has 7 heteroatoms. The summed E-state index contributed by atoms with van der Waals surface area (Å²) in [5, 5.41) is 3.15. The lowest BCUT2D eigenvalue weighted by atomic mass is 9.91. The van der Waals surface area contributed by atoms with Gasteiger partial charge in [0.15, 0.2) is 0 Å². The molecule has 2 heterocycles. The number of benzene rings is 1. The van der Waals surface area contributed by atoms with Gasteiger partial charge in [-0.2, -0.15) is 0 Å². The third-order valence-corrected chi connectivity index (χ3v) is 6.95. The number of piperidine rings is 1. The van der Waals surface area contributed by atoms with Crippen molar-refractivity contribution in [3.63, 3.8) is 0 Å². The minimum Gasteiger partial charge on any atom is -0.494 e. The fourth-order valence-electron chi connectivity index (χ4n) is 4.78. The van der Waals surface area contributed by atoms with Gasteiger partial charge in [0, 0.05) is 56.9 Å².